The molecule has 0 unspecified atom stereocenters. The summed E-state index contributed by atoms with van der Waals surface area (Å²) in [5.41, 5.74) is 0.368. The molecule has 0 aliphatic carbocycles. The van der Waals surface area contributed by atoms with Crippen LogP contribution in [-0.4, -0.2) is 20.9 Å². The molecule has 1 amide bonds. The van der Waals surface area contributed by atoms with E-state index in [4.69, 9.17) is 0 Å². The Kier molecular flexibility index (Phi) is 2.27. The molecule has 1 fully saturated rings. The molecule has 2 aromatic carbocycles. The van der Waals surface area contributed by atoms with Gasteiger partial charge >= 0.3 is 10.2 Å². The molecule has 0 aromatic heterocycles. The summed E-state index contributed by atoms with van der Waals surface area (Å²) in [5, 5.41) is 1.87. The molecule has 0 atom stereocenters. The third kappa shape index (κ3) is 1.70. The fourth-order valence-corrected chi connectivity index (χ4v) is 3.03. The van der Waals surface area contributed by atoms with Crippen LogP contribution in [0.15, 0.2) is 36.4 Å². The fourth-order valence-electron chi connectivity index (χ4n) is 1.92. The Hall–Kier alpha value is -2.08. The number of nitrogens with one attached hydrogen (secondary N) is 1. The Labute approximate surface area is 104 Å². The second-order valence-electron chi connectivity index (χ2n) is 3.98. The Balaban J connectivity index is 2.13. The van der Waals surface area contributed by atoms with E-state index in [1.54, 1.807) is 12.1 Å². The maximum atomic E-state index is 11.7. The summed E-state index contributed by atoms with van der Waals surface area (Å²) in [6.45, 7) is -0.197. The number of carbonyl (C=O) groups excluding carboxylic acids is 1. The smallest absolute Gasteiger partial charge is 0.272 e. The number of benzene rings is 2. The Morgan fingerprint density at radius 3 is 2.61 bits per heavy atom. The van der Waals surface area contributed by atoms with Gasteiger partial charge in [-0.25, -0.2) is 9.03 Å². The zero-order valence-electron chi connectivity index (χ0n) is 9.25. The number of hydrogen-bond acceptors (Lipinski definition) is 3. The van der Waals surface area contributed by atoms with Gasteiger partial charge in [0.25, 0.3) is 5.91 Å². The molecule has 91 valence electrons. The van der Waals surface area contributed by atoms with Crippen LogP contribution in [0.4, 0.5) is 5.69 Å². The van der Waals surface area contributed by atoms with Crippen molar-refractivity contribution in [2.45, 2.75) is 0 Å². The lowest BCUT2D eigenvalue weighted by Crippen LogP contribution is -2.29. The maximum Gasteiger partial charge on any atom is 0.326 e. The van der Waals surface area contributed by atoms with Gasteiger partial charge in [-0.1, -0.05) is 24.3 Å². The monoisotopic (exact) mass is 261 g/mol. The molecular weight excluding hydrogens is 252 g/mol. The third-order valence-corrected chi connectivity index (χ3v) is 4.14. The van der Waals surface area contributed by atoms with E-state index in [1.165, 1.54) is 0 Å². The summed E-state index contributed by atoms with van der Waals surface area (Å²) < 4.78 is 26.3. The van der Waals surface area contributed by atoms with Gasteiger partial charge in [-0.15, -0.1) is 0 Å². The van der Waals surface area contributed by atoms with Crippen LogP contribution < -0.4 is 9.03 Å². The fraction of sp³-hybridized carbons (Fsp3) is 0.0833. The molecule has 18 heavy (non-hydrogen) atoms. The average molecular weight is 261 g/mol. The van der Waals surface area contributed by atoms with E-state index in [2.05, 4.69) is 6.07 Å². The Morgan fingerprint density at radius 2 is 1.94 bits per heavy atom. The molecule has 1 aliphatic rings. The largest absolute Gasteiger partial charge is 0.326 e. The first kappa shape index (κ1) is 11.0. The molecule has 3 rings (SSSR count). The predicted molar refractivity (Wildman–Crippen MR) is 67.2 cm³/mol. The lowest BCUT2D eigenvalue weighted by molar-refractivity contribution is -0.117. The van der Waals surface area contributed by atoms with Gasteiger partial charge in [0.05, 0.1) is 5.69 Å². The molecule has 2 aromatic rings. The van der Waals surface area contributed by atoms with E-state index in [1.807, 2.05) is 29.0 Å². The highest BCUT2D eigenvalue weighted by atomic mass is 32.2. The highest BCUT2D eigenvalue weighted by Gasteiger charge is 2.34. The van der Waals surface area contributed by atoms with Crippen LogP contribution in [0.5, 0.6) is 0 Å². The molecule has 0 saturated carbocycles. The molecule has 1 heterocycles. The Morgan fingerprint density at radius 1 is 1.22 bits per heavy atom. The van der Waals surface area contributed by atoms with E-state index in [9.17, 15) is 13.2 Å². The predicted octanol–water partition coefficient (Wildman–Crippen LogP) is 0.821. The quantitative estimate of drug-likeness (QED) is 0.826. The maximum absolute atomic E-state index is 11.7. The van der Waals surface area contributed by atoms with Gasteiger partial charge in [-0.3, -0.25) is 4.79 Å². The van der Waals surface area contributed by atoms with Crippen LogP contribution in [0.2, 0.25) is 0 Å². The zero-order valence-corrected chi connectivity index (χ0v) is 10.1. The van der Waals surface area contributed by atoms with Gasteiger partial charge in [-0.2, -0.15) is 8.42 Å². The number of rotatable bonds is 1. The molecule has 1 aliphatic heterocycles. The van der Waals surface area contributed by atoms with Crippen molar-refractivity contribution in [1.82, 2.24) is 4.72 Å². The molecule has 0 spiro atoms. The number of fused-ring (bicyclic) bond motifs is 1. The average Bonchev–Trinajstić information content (AvgIpc) is 2.62. The van der Waals surface area contributed by atoms with E-state index < -0.39 is 16.1 Å². The van der Waals surface area contributed by atoms with Gasteiger partial charge in [0.2, 0.25) is 0 Å². The number of nitrogens with zero attached hydrogens (tertiary/aromatic N) is 1. The SMILES string of the molecule is O=C1CN(c2[c]cc3ccccc3c2)S(=O)(=O)N1. The summed E-state index contributed by atoms with van der Waals surface area (Å²) in [4.78, 5) is 11.2. The first-order chi connectivity index (χ1) is 8.56. The van der Waals surface area contributed by atoms with Crippen molar-refractivity contribution < 1.29 is 13.2 Å². The van der Waals surface area contributed by atoms with Crippen molar-refractivity contribution in [2.75, 3.05) is 10.8 Å². The van der Waals surface area contributed by atoms with E-state index in [0.717, 1.165) is 15.1 Å². The molecule has 0 bridgehead atoms. The molecule has 1 saturated heterocycles. The minimum atomic E-state index is -3.76. The van der Waals surface area contributed by atoms with Crippen LogP contribution >= 0.6 is 0 Å². The molecule has 1 N–H and O–H groups in total. The van der Waals surface area contributed by atoms with Gasteiger partial charge in [0, 0.05) is 6.07 Å². The van der Waals surface area contributed by atoms with Gasteiger partial charge in [-0.05, 0) is 22.9 Å². The zero-order chi connectivity index (χ0) is 12.8. The molecule has 5 nitrogen and oxygen atoms in total. The van der Waals surface area contributed by atoms with Crippen molar-refractivity contribution in [2.24, 2.45) is 0 Å². The van der Waals surface area contributed by atoms with Crippen LogP contribution in [0.25, 0.3) is 10.8 Å². The number of anilines is 1. The van der Waals surface area contributed by atoms with Crippen LogP contribution in [-0.2, 0) is 15.0 Å². The van der Waals surface area contributed by atoms with Crippen molar-refractivity contribution in [1.29, 1.82) is 0 Å². The Bertz CT molecular complexity index is 740. The normalized spacial score (nSPS) is 18.0. The summed E-state index contributed by atoms with van der Waals surface area (Å²) in [5.74, 6) is -0.531. The standard InChI is InChI=1S/C12H9N2O3S/c15-12-8-14(18(16,17)13-12)11-6-5-9-3-1-2-4-10(9)7-11/h1-5,7H,8H2,(H,13,15). The van der Waals surface area contributed by atoms with Crippen molar-refractivity contribution in [3.63, 3.8) is 0 Å². The minimum Gasteiger partial charge on any atom is -0.272 e. The summed E-state index contributed by atoms with van der Waals surface area (Å²) >= 11 is 0. The summed E-state index contributed by atoms with van der Waals surface area (Å²) in [7, 11) is -3.76. The molecular formula is C12H9N2O3S. The number of hydrogen-bond donors (Lipinski definition) is 1. The van der Waals surface area contributed by atoms with Crippen molar-refractivity contribution in [3.8, 4) is 0 Å². The van der Waals surface area contributed by atoms with Gasteiger partial charge < -0.3 is 0 Å². The number of amides is 1. The first-order valence-electron chi connectivity index (χ1n) is 5.30. The van der Waals surface area contributed by atoms with Gasteiger partial charge in [0.1, 0.15) is 6.54 Å². The second kappa shape index (κ2) is 3.71. The van der Waals surface area contributed by atoms with Gasteiger partial charge in [0.15, 0.2) is 0 Å². The van der Waals surface area contributed by atoms with Crippen LogP contribution in [0.1, 0.15) is 0 Å². The van der Waals surface area contributed by atoms with E-state index in [0.29, 0.717) is 5.69 Å². The van der Waals surface area contributed by atoms with E-state index in [-0.39, 0.29) is 6.54 Å². The van der Waals surface area contributed by atoms with Crippen LogP contribution in [0.3, 0.4) is 0 Å². The lowest BCUT2D eigenvalue weighted by Gasteiger charge is -2.14. The second-order valence-corrected chi connectivity index (χ2v) is 5.58. The van der Waals surface area contributed by atoms with Crippen molar-refractivity contribution in [3.05, 3.63) is 42.5 Å². The van der Waals surface area contributed by atoms with Crippen molar-refractivity contribution >= 4 is 32.6 Å². The topological polar surface area (TPSA) is 66.5 Å². The minimum absolute atomic E-state index is 0.197. The van der Waals surface area contributed by atoms with E-state index >= 15 is 0 Å². The third-order valence-electron chi connectivity index (χ3n) is 2.75. The molecule has 6 heteroatoms. The lowest BCUT2D eigenvalue weighted by atomic mass is 10.1. The summed E-state index contributed by atoms with van der Waals surface area (Å²) in [6, 6.07) is 13.9. The highest BCUT2D eigenvalue weighted by Crippen LogP contribution is 2.24. The molecule has 1 radical (unpaired) electrons. The van der Waals surface area contributed by atoms with Crippen LogP contribution in [0, 0.1) is 6.07 Å². The first-order valence-corrected chi connectivity index (χ1v) is 6.74. The number of carbonyl (C=O) groups is 1. The summed E-state index contributed by atoms with van der Waals surface area (Å²) in [6.07, 6.45) is 0. The highest BCUT2D eigenvalue weighted by molar-refractivity contribution is 7.92.